The Morgan fingerprint density at radius 3 is 2.68 bits per heavy atom. The zero-order valence-electron chi connectivity index (χ0n) is 15.1. The third-order valence-corrected chi connectivity index (χ3v) is 4.69. The van der Waals surface area contributed by atoms with Crippen LogP contribution >= 0.6 is 11.3 Å². The Hall–Kier alpha value is -3.21. The summed E-state index contributed by atoms with van der Waals surface area (Å²) >= 11 is 1.42. The lowest BCUT2D eigenvalue weighted by Gasteiger charge is -2.06. The standard InChI is InChI=1S/C17H15F2N5O3S/c1-9-14(28-15(21-9)11-5-4-6-20-8-11)10(2)24-27-17-22-12(25-3)7-13(23-17)26-16(18)19/h4-8,16H,1-3H3/b24-10+. The molecule has 8 nitrogen and oxygen atoms in total. The van der Waals surface area contributed by atoms with Gasteiger partial charge in [0.25, 0.3) is 0 Å². The number of pyridine rings is 1. The van der Waals surface area contributed by atoms with E-state index in [9.17, 15) is 8.78 Å². The van der Waals surface area contributed by atoms with Crippen LogP contribution < -0.4 is 14.3 Å². The van der Waals surface area contributed by atoms with Gasteiger partial charge in [-0.25, -0.2) is 4.98 Å². The van der Waals surface area contributed by atoms with Gasteiger partial charge in [-0.2, -0.15) is 18.7 Å². The fourth-order valence-corrected chi connectivity index (χ4v) is 3.17. The van der Waals surface area contributed by atoms with Gasteiger partial charge in [0.2, 0.25) is 11.8 Å². The summed E-state index contributed by atoms with van der Waals surface area (Å²) in [5, 5.41) is 4.77. The van der Waals surface area contributed by atoms with Gasteiger partial charge in [-0.1, -0.05) is 5.16 Å². The molecule has 3 heterocycles. The highest BCUT2D eigenvalue weighted by Gasteiger charge is 2.14. The minimum absolute atomic E-state index is 0.00124. The first-order chi connectivity index (χ1) is 13.5. The van der Waals surface area contributed by atoms with E-state index < -0.39 is 12.5 Å². The van der Waals surface area contributed by atoms with Crippen molar-refractivity contribution in [2.45, 2.75) is 20.5 Å². The maximum atomic E-state index is 12.4. The topological polar surface area (TPSA) is 91.6 Å². The normalized spacial score (nSPS) is 11.6. The van der Waals surface area contributed by atoms with Gasteiger partial charge in [0.1, 0.15) is 5.01 Å². The Bertz CT molecular complexity index is 982. The highest BCUT2D eigenvalue weighted by atomic mass is 32.1. The summed E-state index contributed by atoms with van der Waals surface area (Å²) in [4.78, 5) is 22.2. The number of rotatable bonds is 7. The van der Waals surface area contributed by atoms with Crippen LogP contribution in [0.5, 0.6) is 17.8 Å². The first kappa shape index (κ1) is 19.5. The molecule has 28 heavy (non-hydrogen) atoms. The van der Waals surface area contributed by atoms with Gasteiger partial charge in [-0.05, 0) is 26.0 Å². The van der Waals surface area contributed by atoms with Gasteiger partial charge in [0.15, 0.2) is 0 Å². The molecule has 0 unspecified atom stereocenters. The van der Waals surface area contributed by atoms with Crippen LogP contribution in [-0.4, -0.2) is 39.4 Å². The SMILES string of the molecule is COc1cc(OC(F)F)nc(O/N=C(\C)c2sc(-c3cccnc3)nc2C)n1. The molecule has 11 heteroatoms. The number of hydrogen-bond donors (Lipinski definition) is 0. The van der Waals surface area contributed by atoms with Crippen molar-refractivity contribution >= 4 is 17.0 Å². The van der Waals surface area contributed by atoms with Crippen LogP contribution in [0.15, 0.2) is 35.7 Å². The lowest BCUT2D eigenvalue weighted by atomic mass is 10.3. The summed E-state index contributed by atoms with van der Waals surface area (Å²) in [5.74, 6) is -0.390. The molecule has 0 aromatic carbocycles. The largest absolute Gasteiger partial charge is 0.481 e. The van der Waals surface area contributed by atoms with Gasteiger partial charge in [0, 0.05) is 18.0 Å². The molecule has 0 atom stereocenters. The number of aryl methyl sites for hydroxylation is 1. The van der Waals surface area contributed by atoms with Gasteiger partial charge in [-0.15, -0.1) is 11.3 Å². The average Bonchev–Trinajstić information content (AvgIpc) is 3.08. The molecule has 0 N–H and O–H groups in total. The molecular formula is C17H15F2N5O3S. The molecule has 0 aliphatic carbocycles. The van der Waals surface area contributed by atoms with E-state index in [1.54, 1.807) is 19.3 Å². The molecular weight excluding hydrogens is 392 g/mol. The smallest absolute Gasteiger partial charge is 0.388 e. The average molecular weight is 407 g/mol. The number of oxime groups is 1. The predicted octanol–water partition coefficient (Wildman–Crippen LogP) is 3.72. The van der Waals surface area contributed by atoms with E-state index in [1.807, 2.05) is 19.1 Å². The highest BCUT2D eigenvalue weighted by Crippen LogP contribution is 2.28. The highest BCUT2D eigenvalue weighted by molar-refractivity contribution is 7.17. The second-order valence-corrected chi connectivity index (χ2v) is 6.35. The van der Waals surface area contributed by atoms with E-state index in [0.29, 0.717) is 5.71 Å². The first-order valence-electron chi connectivity index (χ1n) is 7.94. The molecule has 0 fully saturated rings. The number of halogens is 2. The maximum absolute atomic E-state index is 12.4. The van der Waals surface area contributed by atoms with Gasteiger partial charge >= 0.3 is 12.6 Å². The van der Waals surface area contributed by atoms with Crippen molar-refractivity contribution in [3.05, 3.63) is 41.2 Å². The molecule has 0 spiro atoms. The second-order valence-electron chi connectivity index (χ2n) is 5.35. The summed E-state index contributed by atoms with van der Waals surface area (Å²) in [6.45, 7) is 0.537. The van der Waals surface area contributed by atoms with E-state index in [2.05, 4.69) is 29.8 Å². The molecule has 0 radical (unpaired) electrons. The number of nitrogens with zero attached hydrogens (tertiary/aromatic N) is 5. The van der Waals surface area contributed by atoms with Crippen LogP contribution in [-0.2, 0) is 0 Å². The van der Waals surface area contributed by atoms with Crippen LogP contribution in [0.4, 0.5) is 8.78 Å². The predicted molar refractivity (Wildman–Crippen MR) is 98.1 cm³/mol. The molecule has 0 aliphatic heterocycles. The van der Waals surface area contributed by atoms with E-state index >= 15 is 0 Å². The number of ether oxygens (including phenoxy) is 2. The van der Waals surface area contributed by atoms with Crippen molar-refractivity contribution in [1.29, 1.82) is 0 Å². The minimum Gasteiger partial charge on any atom is -0.481 e. The number of methoxy groups -OCH3 is 1. The number of thiazole rings is 1. The molecule has 0 aliphatic rings. The quantitative estimate of drug-likeness (QED) is 0.435. The van der Waals surface area contributed by atoms with Gasteiger partial charge < -0.3 is 14.3 Å². The molecule has 0 saturated heterocycles. The summed E-state index contributed by atoms with van der Waals surface area (Å²) in [6, 6.07) is 4.56. The third-order valence-electron chi connectivity index (χ3n) is 3.38. The molecule has 146 valence electrons. The van der Waals surface area contributed by atoms with Crippen LogP contribution in [0, 0.1) is 6.92 Å². The van der Waals surface area contributed by atoms with Gasteiger partial charge in [0.05, 0.1) is 29.5 Å². The van der Waals surface area contributed by atoms with Gasteiger partial charge in [-0.3, -0.25) is 4.98 Å². The van der Waals surface area contributed by atoms with Crippen molar-refractivity contribution in [3.8, 4) is 28.3 Å². The maximum Gasteiger partial charge on any atom is 0.388 e. The summed E-state index contributed by atoms with van der Waals surface area (Å²) in [7, 11) is 1.33. The molecule has 3 aromatic rings. The van der Waals surface area contributed by atoms with Crippen molar-refractivity contribution in [1.82, 2.24) is 19.9 Å². The first-order valence-corrected chi connectivity index (χ1v) is 8.75. The summed E-state index contributed by atoms with van der Waals surface area (Å²) in [5.41, 5.74) is 2.18. The Balaban J connectivity index is 1.82. The Labute approximate surface area is 162 Å². The van der Waals surface area contributed by atoms with E-state index in [0.717, 1.165) is 27.2 Å². The lowest BCUT2D eigenvalue weighted by Crippen LogP contribution is -2.06. The lowest BCUT2D eigenvalue weighted by molar-refractivity contribution is -0.0533. The Morgan fingerprint density at radius 2 is 2.00 bits per heavy atom. The number of hydrogen-bond acceptors (Lipinski definition) is 9. The molecule has 3 aromatic heterocycles. The number of alkyl halides is 2. The molecule has 0 bridgehead atoms. The van der Waals surface area contributed by atoms with Crippen LogP contribution in [0.25, 0.3) is 10.6 Å². The van der Waals surface area contributed by atoms with Crippen molar-refractivity contribution in [3.63, 3.8) is 0 Å². The second kappa shape index (κ2) is 8.65. The molecule has 0 amide bonds. The van der Waals surface area contributed by atoms with Crippen molar-refractivity contribution in [2.24, 2.45) is 5.16 Å². The zero-order valence-corrected chi connectivity index (χ0v) is 15.9. The Kier molecular flexibility index (Phi) is 6.04. The van der Waals surface area contributed by atoms with Crippen molar-refractivity contribution in [2.75, 3.05) is 7.11 Å². The van der Waals surface area contributed by atoms with Crippen LogP contribution in [0.2, 0.25) is 0 Å². The fourth-order valence-electron chi connectivity index (χ4n) is 2.18. The fraction of sp³-hybridized carbons (Fsp3) is 0.235. The van der Waals surface area contributed by atoms with E-state index in [-0.39, 0.29) is 11.9 Å². The van der Waals surface area contributed by atoms with Crippen LogP contribution in [0.3, 0.4) is 0 Å². The van der Waals surface area contributed by atoms with E-state index in [1.165, 1.54) is 18.4 Å². The molecule has 0 saturated carbocycles. The Morgan fingerprint density at radius 1 is 1.21 bits per heavy atom. The van der Waals surface area contributed by atoms with Crippen LogP contribution in [0.1, 0.15) is 17.5 Å². The summed E-state index contributed by atoms with van der Waals surface area (Å²) in [6.07, 6.45) is 3.41. The number of aromatic nitrogens is 4. The van der Waals surface area contributed by atoms with Crippen molar-refractivity contribution < 1.29 is 23.1 Å². The minimum atomic E-state index is -3.04. The zero-order chi connectivity index (χ0) is 20.1. The third kappa shape index (κ3) is 4.74. The van der Waals surface area contributed by atoms with E-state index in [4.69, 9.17) is 9.57 Å². The summed E-state index contributed by atoms with van der Waals surface area (Å²) < 4.78 is 34.0. The molecule has 3 rings (SSSR count). The monoisotopic (exact) mass is 407 g/mol.